The molecule has 3 heterocycles. The van der Waals surface area contributed by atoms with E-state index in [4.69, 9.17) is 9.47 Å². The van der Waals surface area contributed by atoms with Gasteiger partial charge in [-0.2, -0.15) is 0 Å². The molecule has 2 atom stereocenters. The molecule has 1 aliphatic carbocycles. The quantitative estimate of drug-likeness (QED) is 0.853. The van der Waals surface area contributed by atoms with Gasteiger partial charge in [-0.3, -0.25) is 14.7 Å². The molecule has 6 nitrogen and oxygen atoms in total. The number of carbonyl (C=O) groups is 1. The lowest BCUT2D eigenvalue weighted by Crippen LogP contribution is -2.64. The van der Waals surface area contributed by atoms with Gasteiger partial charge in [-0.05, 0) is 37.0 Å². The highest BCUT2D eigenvalue weighted by Gasteiger charge is 2.46. The molecule has 148 valence electrons. The van der Waals surface area contributed by atoms with Crippen LogP contribution < -0.4 is 5.32 Å². The third-order valence-corrected chi connectivity index (χ3v) is 6.48. The minimum absolute atomic E-state index is 0.0884. The average molecular weight is 373 g/mol. The number of carbonyl (C=O) groups excluding carboxylic acids is 1. The van der Waals surface area contributed by atoms with E-state index in [-0.39, 0.29) is 17.5 Å². The van der Waals surface area contributed by atoms with Gasteiger partial charge in [-0.15, -0.1) is 0 Å². The Labute approximate surface area is 161 Å². The number of morpholine rings is 1. The van der Waals surface area contributed by atoms with Crippen LogP contribution in [0.15, 0.2) is 24.5 Å². The summed E-state index contributed by atoms with van der Waals surface area (Å²) in [7, 11) is 0. The summed E-state index contributed by atoms with van der Waals surface area (Å²) in [5.41, 5.74) is 0.895. The molecule has 3 aliphatic rings. The van der Waals surface area contributed by atoms with Crippen molar-refractivity contribution in [2.24, 2.45) is 5.92 Å². The maximum Gasteiger partial charge on any atom is 0.240 e. The Bertz CT molecular complexity index is 612. The van der Waals surface area contributed by atoms with Crippen molar-refractivity contribution in [2.75, 3.05) is 39.5 Å². The number of rotatable bonds is 5. The molecule has 1 N–H and O–H groups in total. The average Bonchev–Trinajstić information content (AvgIpc) is 3.16. The largest absolute Gasteiger partial charge is 0.379 e. The molecule has 0 aromatic carbocycles. The second kappa shape index (κ2) is 8.67. The molecule has 3 fully saturated rings. The number of ether oxygens (including phenoxy) is 2. The van der Waals surface area contributed by atoms with E-state index in [0.29, 0.717) is 19.1 Å². The van der Waals surface area contributed by atoms with Crippen LogP contribution in [-0.2, 0) is 20.7 Å². The summed E-state index contributed by atoms with van der Waals surface area (Å²) in [6.07, 6.45) is 9.98. The van der Waals surface area contributed by atoms with Crippen LogP contribution in [0.2, 0.25) is 0 Å². The van der Waals surface area contributed by atoms with E-state index >= 15 is 0 Å². The Morgan fingerprint density at radius 3 is 2.59 bits per heavy atom. The highest BCUT2D eigenvalue weighted by atomic mass is 16.5. The second-order valence-electron chi connectivity index (χ2n) is 8.13. The molecule has 0 unspecified atom stereocenters. The van der Waals surface area contributed by atoms with E-state index in [0.717, 1.165) is 58.4 Å². The molecule has 2 aliphatic heterocycles. The van der Waals surface area contributed by atoms with Gasteiger partial charge < -0.3 is 14.8 Å². The van der Waals surface area contributed by atoms with Crippen LogP contribution in [-0.4, -0.2) is 66.9 Å². The van der Waals surface area contributed by atoms with Gasteiger partial charge in [-0.1, -0.05) is 19.3 Å². The number of nitrogens with one attached hydrogen (secondary N) is 1. The summed E-state index contributed by atoms with van der Waals surface area (Å²) in [5, 5.41) is 3.40. The van der Waals surface area contributed by atoms with Crippen LogP contribution >= 0.6 is 0 Å². The molecule has 4 rings (SSSR count). The second-order valence-corrected chi connectivity index (χ2v) is 8.13. The van der Waals surface area contributed by atoms with Crippen molar-refractivity contribution in [3.8, 4) is 0 Å². The van der Waals surface area contributed by atoms with Crippen molar-refractivity contribution in [3.63, 3.8) is 0 Å². The third kappa shape index (κ3) is 4.18. The zero-order valence-electron chi connectivity index (χ0n) is 16.1. The van der Waals surface area contributed by atoms with E-state index < -0.39 is 0 Å². The minimum Gasteiger partial charge on any atom is -0.379 e. The number of pyridine rings is 1. The van der Waals surface area contributed by atoms with Crippen molar-refractivity contribution in [3.05, 3.63) is 30.1 Å². The molecule has 1 amide bonds. The Kier molecular flexibility index (Phi) is 6.05. The lowest BCUT2D eigenvalue weighted by Gasteiger charge is -2.47. The van der Waals surface area contributed by atoms with Gasteiger partial charge in [0.15, 0.2) is 0 Å². The Hall–Kier alpha value is -1.50. The monoisotopic (exact) mass is 373 g/mol. The summed E-state index contributed by atoms with van der Waals surface area (Å²) in [6, 6.07) is 4.19. The summed E-state index contributed by atoms with van der Waals surface area (Å²) in [5.74, 6) is 0.529. The number of aromatic nitrogens is 1. The molecule has 2 saturated heterocycles. The molecule has 6 heteroatoms. The van der Waals surface area contributed by atoms with Crippen LogP contribution in [0.4, 0.5) is 0 Å². The number of nitrogens with zero attached hydrogens (tertiary/aromatic N) is 2. The van der Waals surface area contributed by atoms with Crippen LogP contribution in [0.25, 0.3) is 0 Å². The van der Waals surface area contributed by atoms with Gasteiger partial charge >= 0.3 is 0 Å². The van der Waals surface area contributed by atoms with Gasteiger partial charge in [0, 0.05) is 31.4 Å². The van der Waals surface area contributed by atoms with Crippen molar-refractivity contribution >= 4 is 5.91 Å². The fourth-order valence-corrected chi connectivity index (χ4v) is 4.90. The summed E-state index contributed by atoms with van der Waals surface area (Å²) in [4.78, 5) is 20.0. The Morgan fingerprint density at radius 1 is 1.11 bits per heavy atom. The normalized spacial score (nSPS) is 28.7. The molecule has 27 heavy (non-hydrogen) atoms. The molecule has 1 aromatic heterocycles. The van der Waals surface area contributed by atoms with Crippen LogP contribution in [0.3, 0.4) is 0 Å². The highest BCUT2D eigenvalue weighted by molar-refractivity contribution is 5.86. The van der Waals surface area contributed by atoms with Crippen LogP contribution in [0.1, 0.15) is 37.7 Å². The molecule has 0 spiro atoms. The SMILES string of the molecule is O=C(N[C@H]1COC[C@H]1Cc1ccncc1)C1(N2CCOCC2)CCCCC1. The van der Waals surface area contributed by atoms with E-state index in [1.807, 2.05) is 24.5 Å². The summed E-state index contributed by atoms with van der Waals surface area (Å²) < 4.78 is 11.3. The van der Waals surface area contributed by atoms with Crippen molar-refractivity contribution < 1.29 is 14.3 Å². The first-order valence-corrected chi connectivity index (χ1v) is 10.4. The molecule has 0 bridgehead atoms. The predicted molar refractivity (Wildman–Crippen MR) is 102 cm³/mol. The first-order valence-electron chi connectivity index (χ1n) is 10.4. The van der Waals surface area contributed by atoms with Crippen molar-refractivity contribution in [1.82, 2.24) is 15.2 Å². The maximum atomic E-state index is 13.5. The zero-order chi connectivity index (χ0) is 18.5. The lowest BCUT2D eigenvalue weighted by atomic mass is 9.78. The topological polar surface area (TPSA) is 63.7 Å². The smallest absolute Gasteiger partial charge is 0.240 e. The van der Waals surface area contributed by atoms with E-state index in [2.05, 4.69) is 15.2 Å². The number of hydrogen-bond acceptors (Lipinski definition) is 5. The van der Waals surface area contributed by atoms with E-state index in [9.17, 15) is 4.79 Å². The molecule has 0 radical (unpaired) electrons. The highest BCUT2D eigenvalue weighted by Crippen LogP contribution is 2.35. The lowest BCUT2D eigenvalue weighted by molar-refractivity contribution is -0.141. The van der Waals surface area contributed by atoms with Gasteiger partial charge in [0.2, 0.25) is 5.91 Å². The first-order chi connectivity index (χ1) is 13.3. The number of amides is 1. The third-order valence-electron chi connectivity index (χ3n) is 6.48. The van der Waals surface area contributed by atoms with Gasteiger partial charge in [0.1, 0.15) is 5.54 Å². The van der Waals surface area contributed by atoms with Crippen molar-refractivity contribution in [2.45, 2.75) is 50.1 Å². The van der Waals surface area contributed by atoms with Gasteiger partial charge in [0.25, 0.3) is 0 Å². The number of hydrogen-bond donors (Lipinski definition) is 1. The van der Waals surface area contributed by atoms with Gasteiger partial charge in [-0.25, -0.2) is 0 Å². The summed E-state index contributed by atoms with van der Waals surface area (Å²) in [6.45, 7) is 4.49. The molecule has 1 aromatic rings. The summed E-state index contributed by atoms with van der Waals surface area (Å²) >= 11 is 0. The Balaban J connectivity index is 1.45. The van der Waals surface area contributed by atoms with E-state index in [1.165, 1.54) is 12.0 Å². The van der Waals surface area contributed by atoms with Crippen LogP contribution in [0, 0.1) is 5.92 Å². The minimum atomic E-state index is -0.355. The zero-order valence-corrected chi connectivity index (χ0v) is 16.1. The van der Waals surface area contributed by atoms with Crippen LogP contribution in [0.5, 0.6) is 0 Å². The van der Waals surface area contributed by atoms with Gasteiger partial charge in [0.05, 0.1) is 32.5 Å². The fraction of sp³-hybridized carbons (Fsp3) is 0.714. The Morgan fingerprint density at radius 2 is 1.85 bits per heavy atom. The molecular weight excluding hydrogens is 342 g/mol. The first kappa shape index (κ1) is 18.8. The fourth-order valence-electron chi connectivity index (χ4n) is 4.90. The molecular formula is C21H31N3O3. The molecule has 1 saturated carbocycles. The van der Waals surface area contributed by atoms with Crippen molar-refractivity contribution in [1.29, 1.82) is 0 Å². The maximum absolute atomic E-state index is 13.5. The predicted octanol–water partition coefficient (Wildman–Crippen LogP) is 1.79. The van der Waals surface area contributed by atoms with E-state index in [1.54, 1.807) is 0 Å². The standard InChI is InChI=1S/C21H31N3O3/c25-20(21(6-2-1-3-7-21)24-10-12-26-13-11-24)23-19-16-27-15-18(19)14-17-4-8-22-9-5-17/h4-5,8-9,18-19H,1-3,6-7,10-16H2,(H,23,25)/t18-,19+/m1/s1.